The quantitative estimate of drug-likeness (QED) is 0.693. The zero-order chi connectivity index (χ0) is 17.5. The number of carbonyl (C=O) groups excluding carboxylic acids is 1. The van der Waals surface area contributed by atoms with Crippen LogP contribution in [-0.2, 0) is 14.3 Å². The summed E-state index contributed by atoms with van der Waals surface area (Å²) in [6, 6.07) is -0.535. The highest BCUT2D eigenvalue weighted by atomic mass is 16.6. The summed E-state index contributed by atoms with van der Waals surface area (Å²) in [5.41, 5.74) is -0.468. The zero-order valence-electron chi connectivity index (χ0n) is 14.6. The molecule has 0 aliphatic carbocycles. The Morgan fingerprint density at radius 3 is 2.43 bits per heavy atom. The standard InChI is InChI=1S/C16H30N2O5/c1-12(14(19)20)17-8-5-11-22-13-6-9-18(10-7-13)15(21)23-16(2,3)4/h12-13,17H,5-11H2,1-4H3,(H,19,20). The van der Waals surface area contributed by atoms with Crippen molar-refractivity contribution in [3.63, 3.8) is 0 Å². The predicted molar refractivity (Wildman–Crippen MR) is 86.5 cm³/mol. The number of nitrogens with one attached hydrogen (secondary N) is 1. The minimum atomic E-state index is -0.847. The van der Waals surface area contributed by atoms with Gasteiger partial charge in [-0.2, -0.15) is 0 Å². The molecule has 1 unspecified atom stereocenters. The second kappa shape index (κ2) is 9.08. The van der Waals surface area contributed by atoms with Gasteiger partial charge in [-0.3, -0.25) is 4.79 Å². The van der Waals surface area contributed by atoms with Crippen LogP contribution in [0.15, 0.2) is 0 Å². The lowest BCUT2D eigenvalue weighted by molar-refractivity contribution is -0.139. The summed E-state index contributed by atoms with van der Waals surface area (Å²) in [6.45, 7) is 9.71. The fraction of sp³-hybridized carbons (Fsp3) is 0.875. The highest BCUT2D eigenvalue weighted by Gasteiger charge is 2.27. The van der Waals surface area contributed by atoms with Crippen molar-refractivity contribution in [2.24, 2.45) is 0 Å². The van der Waals surface area contributed by atoms with E-state index in [1.807, 2.05) is 20.8 Å². The van der Waals surface area contributed by atoms with Crippen molar-refractivity contribution in [1.82, 2.24) is 10.2 Å². The molecule has 1 saturated heterocycles. The van der Waals surface area contributed by atoms with Crippen molar-refractivity contribution in [2.75, 3.05) is 26.2 Å². The average Bonchev–Trinajstić information content (AvgIpc) is 2.45. The number of hydrogen-bond acceptors (Lipinski definition) is 5. The number of piperidine rings is 1. The summed E-state index contributed by atoms with van der Waals surface area (Å²) >= 11 is 0. The number of carboxylic acid groups (broad SMARTS) is 1. The van der Waals surface area contributed by atoms with Gasteiger partial charge in [0, 0.05) is 19.7 Å². The number of ether oxygens (including phenoxy) is 2. The van der Waals surface area contributed by atoms with Gasteiger partial charge in [-0.15, -0.1) is 0 Å². The van der Waals surface area contributed by atoms with Crippen molar-refractivity contribution in [1.29, 1.82) is 0 Å². The van der Waals surface area contributed by atoms with Crippen LogP contribution in [0.1, 0.15) is 47.0 Å². The molecule has 0 spiro atoms. The van der Waals surface area contributed by atoms with Crippen LogP contribution in [0.5, 0.6) is 0 Å². The number of rotatable bonds is 7. The first kappa shape index (κ1) is 19.7. The monoisotopic (exact) mass is 330 g/mol. The molecule has 1 aliphatic heterocycles. The van der Waals surface area contributed by atoms with Crippen LogP contribution in [0.2, 0.25) is 0 Å². The molecule has 2 N–H and O–H groups in total. The maximum absolute atomic E-state index is 11.9. The Kier molecular flexibility index (Phi) is 7.78. The zero-order valence-corrected chi connectivity index (χ0v) is 14.6. The Hall–Kier alpha value is -1.34. The van der Waals surface area contributed by atoms with Crippen molar-refractivity contribution in [3.05, 3.63) is 0 Å². The summed E-state index contributed by atoms with van der Waals surface area (Å²) in [6.07, 6.45) is 2.27. The number of amides is 1. The Labute approximate surface area is 138 Å². The Balaban J connectivity index is 2.12. The molecule has 1 aliphatic rings. The average molecular weight is 330 g/mol. The third kappa shape index (κ3) is 8.18. The highest BCUT2D eigenvalue weighted by Crippen LogP contribution is 2.17. The van der Waals surface area contributed by atoms with Crippen molar-refractivity contribution in [2.45, 2.75) is 64.7 Å². The molecule has 1 amide bonds. The van der Waals surface area contributed by atoms with E-state index in [9.17, 15) is 9.59 Å². The van der Waals surface area contributed by atoms with E-state index in [1.54, 1.807) is 11.8 Å². The van der Waals surface area contributed by atoms with E-state index >= 15 is 0 Å². The van der Waals surface area contributed by atoms with Crippen LogP contribution >= 0.6 is 0 Å². The molecule has 0 saturated carbocycles. The van der Waals surface area contributed by atoms with Gasteiger partial charge in [0.15, 0.2) is 0 Å². The topological polar surface area (TPSA) is 88.1 Å². The first-order chi connectivity index (χ1) is 10.7. The van der Waals surface area contributed by atoms with Gasteiger partial charge in [0.05, 0.1) is 6.10 Å². The summed E-state index contributed by atoms with van der Waals surface area (Å²) in [4.78, 5) is 24.3. The summed E-state index contributed by atoms with van der Waals surface area (Å²) in [5, 5.41) is 11.7. The molecule has 134 valence electrons. The summed E-state index contributed by atoms with van der Waals surface area (Å²) in [7, 11) is 0. The third-order valence-electron chi connectivity index (χ3n) is 3.59. The van der Waals surface area contributed by atoms with Gasteiger partial charge in [-0.1, -0.05) is 0 Å². The smallest absolute Gasteiger partial charge is 0.410 e. The van der Waals surface area contributed by atoms with Crippen LogP contribution in [0, 0.1) is 0 Å². The van der Waals surface area contributed by atoms with E-state index in [-0.39, 0.29) is 12.2 Å². The molecule has 7 heteroatoms. The van der Waals surface area contributed by atoms with Crippen LogP contribution in [0.4, 0.5) is 4.79 Å². The molecule has 0 aromatic heterocycles. The Morgan fingerprint density at radius 1 is 1.30 bits per heavy atom. The SMILES string of the molecule is CC(NCCCOC1CCN(C(=O)OC(C)(C)C)CC1)C(=O)O. The molecule has 1 atom stereocenters. The van der Waals surface area contributed by atoms with E-state index in [2.05, 4.69) is 5.32 Å². The molecule has 1 heterocycles. The Bertz CT molecular complexity index is 386. The van der Waals surface area contributed by atoms with E-state index in [1.165, 1.54) is 0 Å². The van der Waals surface area contributed by atoms with Gasteiger partial charge in [0.2, 0.25) is 0 Å². The molecule has 0 bridgehead atoms. The molecular weight excluding hydrogens is 300 g/mol. The van der Waals surface area contributed by atoms with Crippen LogP contribution < -0.4 is 5.32 Å². The van der Waals surface area contributed by atoms with E-state index < -0.39 is 17.6 Å². The van der Waals surface area contributed by atoms with Crippen molar-refractivity contribution < 1.29 is 24.2 Å². The molecule has 0 aromatic rings. The lowest BCUT2D eigenvalue weighted by Gasteiger charge is -2.33. The minimum Gasteiger partial charge on any atom is -0.480 e. The predicted octanol–water partition coefficient (Wildman–Crippen LogP) is 1.86. The fourth-order valence-electron chi connectivity index (χ4n) is 2.26. The summed E-state index contributed by atoms with van der Waals surface area (Å²) < 4.78 is 11.1. The van der Waals surface area contributed by atoms with E-state index in [0.29, 0.717) is 26.2 Å². The molecule has 7 nitrogen and oxygen atoms in total. The minimum absolute atomic E-state index is 0.158. The number of hydrogen-bond donors (Lipinski definition) is 2. The van der Waals surface area contributed by atoms with Gasteiger partial charge < -0.3 is 24.8 Å². The number of likely N-dealkylation sites (tertiary alicyclic amines) is 1. The fourth-order valence-corrected chi connectivity index (χ4v) is 2.26. The normalized spacial score (nSPS) is 17.8. The molecule has 1 rings (SSSR count). The second-order valence-corrected chi connectivity index (χ2v) is 6.91. The number of nitrogens with zero attached hydrogens (tertiary/aromatic N) is 1. The van der Waals surface area contributed by atoms with Gasteiger partial charge in [0.25, 0.3) is 0 Å². The third-order valence-corrected chi connectivity index (χ3v) is 3.59. The Morgan fingerprint density at radius 2 is 1.91 bits per heavy atom. The lowest BCUT2D eigenvalue weighted by atomic mass is 10.1. The maximum Gasteiger partial charge on any atom is 0.410 e. The van der Waals surface area contributed by atoms with Crippen LogP contribution in [0.3, 0.4) is 0 Å². The van der Waals surface area contributed by atoms with Crippen LogP contribution in [-0.4, -0.2) is 66.1 Å². The lowest BCUT2D eigenvalue weighted by Crippen LogP contribution is -2.43. The van der Waals surface area contributed by atoms with E-state index in [4.69, 9.17) is 14.6 Å². The number of aliphatic carboxylic acids is 1. The van der Waals surface area contributed by atoms with Gasteiger partial charge in [-0.05, 0) is 53.5 Å². The molecular formula is C16H30N2O5. The number of carbonyl (C=O) groups is 2. The van der Waals surface area contributed by atoms with E-state index in [0.717, 1.165) is 19.3 Å². The maximum atomic E-state index is 11.9. The molecule has 0 radical (unpaired) electrons. The first-order valence-corrected chi connectivity index (χ1v) is 8.25. The van der Waals surface area contributed by atoms with Crippen LogP contribution in [0.25, 0.3) is 0 Å². The van der Waals surface area contributed by atoms with Crippen molar-refractivity contribution >= 4 is 12.1 Å². The molecule has 23 heavy (non-hydrogen) atoms. The number of carboxylic acids is 1. The largest absolute Gasteiger partial charge is 0.480 e. The first-order valence-electron chi connectivity index (χ1n) is 8.25. The second-order valence-electron chi connectivity index (χ2n) is 6.91. The molecule has 1 fully saturated rings. The van der Waals surface area contributed by atoms with Gasteiger partial charge in [0.1, 0.15) is 11.6 Å². The highest BCUT2D eigenvalue weighted by molar-refractivity contribution is 5.72. The van der Waals surface area contributed by atoms with Gasteiger partial charge >= 0.3 is 12.1 Å². The summed E-state index contributed by atoms with van der Waals surface area (Å²) in [5.74, 6) is -0.847. The van der Waals surface area contributed by atoms with Crippen molar-refractivity contribution in [3.8, 4) is 0 Å². The van der Waals surface area contributed by atoms with Gasteiger partial charge in [-0.25, -0.2) is 4.79 Å². The molecule has 0 aromatic carbocycles.